The van der Waals surface area contributed by atoms with Crippen molar-refractivity contribution in [3.05, 3.63) is 57.3 Å². The van der Waals surface area contributed by atoms with Gasteiger partial charge in [0.25, 0.3) is 5.69 Å². The minimum Gasteiger partial charge on any atom is -0.497 e. The monoisotopic (exact) mass is 457 g/mol. The van der Waals surface area contributed by atoms with Gasteiger partial charge in [0.15, 0.2) is 0 Å². The molecule has 168 valence electrons. The SMILES string of the molecule is COc1ccc(-c2ccc(/C=N/n3cnn(CN4CCN(C)CC4)c3=S)o2)c([N+](=O)[O-])c1. The summed E-state index contributed by atoms with van der Waals surface area (Å²) in [5, 5.41) is 20.1. The third kappa shape index (κ3) is 4.77. The van der Waals surface area contributed by atoms with Crippen LogP contribution in [0.1, 0.15) is 5.76 Å². The standard InChI is InChI=1S/C20H23N7O4S/c1-23-7-9-24(10-8-23)14-26-20(32)25(13-22-26)21-12-16-4-6-19(31-16)17-5-3-15(30-2)11-18(17)27(28)29/h3-6,11-13H,7-10,14H2,1-2H3/b21-12+. The maximum Gasteiger partial charge on any atom is 0.284 e. The Morgan fingerprint density at radius 1 is 1.28 bits per heavy atom. The second-order valence-corrected chi connectivity index (χ2v) is 7.77. The summed E-state index contributed by atoms with van der Waals surface area (Å²) in [5.41, 5.74) is 0.252. The van der Waals surface area contributed by atoms with E-state index in [1.54, 1.807) is 35.3 Å². The predicted octanol–water partition coefficient (Wildman–Crippen LogP) is 2.68. The molecule has 0 bridgehead atoms. The first-order valence-corrected chi connectivity index (χ1v) is 10.4. The van der Waals surface area contributed by atoms with E-state index in [1.807, 2.05) is 0 Å². The van der Waals surface area contributed by atoms with E-state index < -0.39 is 4.92 Å². The number of hydrogen-bond acceptors (Lipinski definition) is 9. The highest BCUT2D eigenvalue weighted by Crippen LogP contribution is 2.33. The molecule has 0 atom stereocenters. The first-order valence-electron chi connectivity index (χ1n) is 9.97. The van der Waals surface area contributed by atoms with E-state index in [0.29, 0.717) is 34.3 Å². The van der Waals surface area contributed by atoms with E-state index in [4.69, 9.17) is 21.4 Å². The Kier molecular flexibility index (Phi) is 6.44. The zero-order valence-corrected chi connectivity index (χ0v) is 18.6. The molecule has 32 heavy (non-hydrogen) atoms. The van der Waals surface area contributed by atoms with Gasteiger partial charge in [0.05, 0.1) is 36.5 Å². The second-order valence-electron chi connectivity index (χ2n) is 7.41. The van der Waals surface area contributed by atoms with Gasteiger partial charge in [-0.2, -0.15) is 14.9 Å². The number of aromatic nitrogens is 3. The number of furan rings is 1. The highest BCUT2D eigenvalue weighted by Gasteiger charge is 2.19. The number of benzene rings is 1. The maximum absolute atomic E-state index is 11.4. The molecule has 0 radical (unpaired) electrons. The average molecular weight is 458 g/mol. The number of piperazine rings is 1. The van der Waals surface area contributed by atoms with Crippen LogP contribution in [-0.2, 0) is 6.67 Å². The summed E-state index contributed by atoms with van der Waals surface area (Å²) in [5.74, 6) is 1.19. The van der Waals surface area contributed by atoms with Crippen LogP contribution in [0.5, 0.6) is 5.75 Å². The summed E-state index contributed by atoms with van der Waals surface area (Å²) < 4.78 is 14.5. The van der Waals surface area contributed by atoms with Gasteiger partial charge in [0.2, 0.25) is 4.77 Å². The van der Waals surface area contributed by atoms with Crippen molar-refractivity contribution in [1.82, 2.24) is 24.3 Å². The summed E-state index contributed by atoms with van der Waals surface area (Å²) in [7, 11) is 3.57. The van der Waals surface area contributed by atoms with Crippen LogP contribution >= 0.6 is 12.2 Å². The van der Waals surface area contributed by atoms with Crippen LogP contribution in [0.15, 0.2) is 46.2 Å². The van der Waals surface area contributed by atoms with Crippen LogP contribution in [0.2, 0.25) is 0 Å². The number of likely N-dealkylation sites (N-methyl/N-ethyl adjacent to an activating group) is 1. The Labute approximate surface area is 189 Å². The Balaban J connectivity index is 1.49. The number of nitro benzene ring substituents is 1. The lowest BCUT2D eigenvalue weighted by molar-refractivity contribution is -0.384. The molecule has 4 rings (SSSR count). The average Bonchev–Trinajstić information content (AvgIpc) is 3.40. The van der Waals surface area contributed by atoms with Crippen LogP contribution in [0, 0.1) is 14.9 Å². The summed E-state index contributed by atoms with van der Waals surface area (Å²) in [6, 6.07) is 7.94. The number of nitro groups is 1. The highest BCUT2D eigenvalue weighted by molar-refractivity contribution is 7.71. The summed E-state index contributed by atoms with van der Waals surface area (Å²) in [4.78, 5) is 15.5. The van der Waals surface area contributed by atoms with Crippen molar-refractivity contribution in [1.29, 1.82) is 0 Å². The summed E-state index contributed by atoms with van der Waals surface area (Å²) in [6.45, 7) is 4.56. The number of nitrogens with zero attached hydrogens (tertiary/aromatic N) is 7. The van der Waals surface area contributed by atoms with Crippen molar-refractivity contribution in [2.24, 2.45) is 5.10 Å². The molecule has 12 heteroatoms. The molecule has 0 saturated carbocycles. The Morgan fingerprint density at radius 2 is 2.06 bits per heavy atom. The lowest BCUT2D eigenvalue weighted by atomic mass is 10.1. The van der Waals surface area contributed by atoms with Gasteiger partial charge in [0.1, 0.15) is 23.6 Å². The van der Waals surface area contributed by atoms with Gasteiger partial charge in [-0.25, -0.2) is 4.68 Å². The van der Waals surface area contributed by atoms with Gasteiger partial charge in [-0.1, -0.05) is 0 Å². The summed E-state index contributed by atoms with van der Waals surface area (Å²) >= 11 is 5.48. The topological polar surface area (TPSA) is 107 Å². The molecule has 1 aromatic carbocycles. The Hall–Kier alpha value is -3.35. The van der Waals surface area contributed by atoms with Crippen LogP contribution in [-0.4, -0.2) is 75.7 Å². The minimum absolute atomic E-state index is 0.102. The molecule has 2 aromatic heterocycles. The van der Waals surface area contributed by atoms with Gasteiger partial charge >= 0.3 is 0 Å². The molecular weight excluding hydrogens is 434 g/mol. The van der Waals surface area contributed by atoms with E-state index in [1.165, 1.54) is 24.1 Å². The van der Waals surface area contributed by atoms with Crippen molar-refractivity contribution in [3.8, 4) is 17.1 Å². The third-order valence-corrected chi connectivity index (χ3v) is 5.65. The first-order chi connectivity index (χ1) is 15.4. The maximum atomic E-state index is 11.4. The first kappa shape index (κ1) is 21.9. The molecule has 0 amide bonds. The fraction of sp³-hybridized carbons (Fsp3) is 0.350. The normalized spacial score (nSPS) is 15.4. The fourth-order valence-corrected chi connectivity index (χ4v) is 3.57. The molecule has 0 N–H and O–H groups in total. The second kappa shape index (κ2) is 9.42. The molecule has 0 unspecified atom stereocenters. The molecular formula is C20H23N7O4S. The lowest BCUT2D eigenvalue weighted by Gasteiger charge is -2.31. The van der Waals surface area contributed by atoms with Gasteiger partial charge < -0.3 is 14.1 Å². The van der Waals surface area contributed by atoms with Gasteiger partial charge in [-0.15, -0.1) is 0 Å². The number of hydrogen-bond donors (Lipinski definition) is 0. The predicted molar refractivity (Wildman–Crippen MR) is 120 cm³/mol. The molecule has 1 saturated heterocycles. The highest BCUT2D eigenvalue weighted by atomic mass is 32.1. The Morgan fingerprint density at radius 3 is 2.78 bits per heavy atom. The minimum atomic E-state index is -0.470. The van der Waals surface area contributed by atoms with Crippen LogP contribution < -0.4 is 4.74 Å². The molecule has 3 heterocycles. The third-order valence-electron chi connectivity index (χ3n) is 5.25. The van der Waals surface area contributed by atoms with Crippen LogP contribution in [0.3, 0.4) is 0 Å². The molecule has 11 nitrogen and oxygen atoms in total. The van der Waals surface area contributed by atoms with E-state index in [-0.39, 0.29) is 5.69 Å². The van der Waals surface area contributed by atoms with Crippen molar-refractivity contribution in [2.45, 2.75) is 6.67 Å². The molecule has 0 aliphatic carbocycles. The number of rotatable bonds is 7. The van der Waals surface area contributed by atoms with Crippen molar-refractivity contribution >= 4 is 24.1 Å². The van der Waals surface area contributed by atoms with Crippen molar-refractivity contribution in [3.63, 3.8) is 0 Å². The van der Waals surface area contributed by atoms with E-state index in [2.05, 4.69) is 27.0 Å². The fourth-order valence-electron chi connectivity index (χ4n) is 3.37. The smallest absolute Gasteiger partial charge is 0.284 e. The molecule has 0 spiro atoms. The van der Waals surface area contributed by atoms with E-state index in [9.17, 15) is 10.1 Å². The largest absolute Gasteiger partial charge is 0.497 e. The molecule has 1 aliphatic heterocycles. The van der Waals surface area contributed by atoms with Crippen molar-refractivity contribution in [2.75, 3.05) is 40.3 Å². The molecule has 1 fully saturated rings. The molecule has 3 aromatic rings. The molecule has 1 aliphatic rings. The van der Waals surface area contributed by atoms with E-state index >= 15 is 0 Å². The van der Waals surface area contributed by atoms with Crippen LogP contribution in [0.4, 0.5) is 5.69 Å². The van der Waals surface area contributed by atoms with Crippen molar-refractivity contribution < 1.29 is 14.1 Å². The quantitative estimate of drug-likeness (QED) is 0.231. The zero-order chi connectivity index (χ0) is 22.7. The summed E-state index contributed by atoms with van der Waals surface area (Å²) in [6.07, 6.45) is 3.05. The van der Waals surface area contributed by atoms with Gasteiger partial charge in [-0.3, -0.25) is 15.0 Å². The lowest BCUT2D eigenvalue weighted by Crippen LogP contribution is -2.45. The zero-order valence-electron chi connectivity index (χ0n) is 17.7. The van der Waals surface area contributed by atoms with Crippen LogP contribution in [0.25, 0.3) is 11.3 Å². The Bertz CT molecular complexity index is 1190. The number of ether oxygens (including phenoxy) is 1. The number of methoxy groups -OCH3 is 1. The van der Waals surface area contributed by atoms with E-state index in [0.717, 1.165) is 26.2 Å². The van der Waals surface area contributed by atoms with Gasteiger partial charge in [0, 0.05) is 26.2 Å². The van der Waals surface area contributed by atoms with Gasteiger partial charge in [-0.05, 0) is 43.5 Å².